The zero-order valence-electron chi connectivity index (χ0n) is 19.7. The van der Waals surface area contributed by atoms with Crippen molar-refractivity contribution in [2.75, 3.05) is 50.1 Å². The van der Waals surface area contributed by atoms with Crippen LogP contribution in [0.5, 0.6) is 5.75 Å². The molecule has 0 radical (unpaired) electrons. The van der Waals surface area contributed by atoms with Crippen molar-refractivity contribution in [3.05, 3.63) is 54.6 Å². The second-order valence-corrected chi connectivity index (χ2v) is 8.67. The molecule has 0 bridgehead atoms. The van der Waals surface area contributed by atoms with E-state index < -0.39 is 30.4 Å². The number of carbonyl (C=O) groups excluding carboxylic acids is 2. The molecule has 4 N–H and O–H groups in total. The van der Waals surface area contributed by atoms with Gasteiger partial charge in [0.15, 0.2) is 0 Å². The first kappa shape index (κ1) is 24.8. The van der Waals surface area contributed by atoms with Crippen molar-refractivity contribution >= 4 is 23.3 Å². The molecule has 10 heteroatoms. The Kier molecular flexibility index (Phi) is 8.06. The van der Waals surface area contributed by atoms with Crippen LogP contribution in [-0.4, -0.2) is 91.3 Å². The molecule has 0 aliphatic carbocycles. The summed E-state index contributed by atoms with van der Waals surface area (Å²) in [5.41, 5.74) is 1.67. The molecular weight excluding hydrogens is 452 g/mol. The number of aliphatic hydroxyl groups excluding tert-OH is 2. The van der Waals surface area contributed by atoms with Crippen molar-refractivity contribution in [2.24, 2.45) is 0 Å². The highest BCUT2D eigenvalue weighted by Crippen LogP contribution is 2.25. The minimum Gasteiger partial charge on any atom is -0.497 e. The van der Waals surface area contributed by atoms with E-state index in [1.165, 1.54) is 7.11 Å². The number of nitrogens with zero attached hydrogens (tertiary/aromatic N) is 2. The van der Waals surface area contributed by atoms with Gasteiger partial charge in [0.2, 0.25) is 5.91 Å². The molecular formula is C25H32N4O6. The molecule has 0 spiro atoms. The zero-order valence-corrected chi connectivity index (χ0v) is 19.7. The van der Waals surface area contributed by atoms with Gasteiger partial charge in [-0.15, -0.1) is 0 Å². The standard InChI is InChI=1S/C25H32N4O6/c1-34-19-9-5-6-17(14-19)27-25(33)26-16-21-24(32)23(31)20(35-21)15-22(30)29-12-10-28(11-13-29)18-7-3-2-4-8-18/h2-9,14,20-21,23-24,31-32H,10-13,15-16H2,1H3,(H2,26,27,33)/t20-,21-,23-,24+/m0/s1. The molecule has 2 saturated heterocycles. The van der Waals surface area contributed by atoms with Crippen LogP contribution < -0.4 is 20.3 Å². The summed E-state index contributed by atoms with van der Waals surface area (Å²) >= 11 is 0. The molecule has 2 aromatic rings. The Morgan fingerprint density at radius 3 is 2.43 bits per heavy atom. The lowest BCUT2D eigenvalue weighted by Gasteiger charge is -2.36. The molecule has 0 aromatic heterocycles. The molecule has 3 amide bonds. The van der Waals surface area contributed by atoms with Crippen LogP contribution in [0.4, 0.5) is 16.2 Å². The van der Waals surface area contributed by atoms with Gasteiger partial charge in [0.25, 0.3) is 0 Å². The Morgan fingerprint density at radius 2 is 1.71 bits per heavy atom. The van der Waals surface area contributed by atoms with Crippen LogP contribution in [0.15, 0.2) is 54.6 Å². The van der Waals surface area contributed by atoms with Crippen molar-refractivity contribution in [3.8, 4) is 5.75 Å². The van der Waals surface area contributed by atoms with Crippen molar-refractivity contribution < 1.29 is 29.3 Å². The van der Waals surface area contributed by atoms with E-state index in [0.29, 0.717) is 24.5 Å². The monoisotopic (exact) mass is 484 g/mol. The normalized spacial score (nSPS) is 24.2. The predicted molar refractivity (Wildman–Crippen MR) is 131 cm³/mol. The fraction of sp³-hybridized carbons (Fsp3) is 0.440. The maximum Gasteiger partial charge on any atom is 0.319 e. The van der Waals surface area contributed by atoms with Gasteiger partial charge < -0.3 is 40.1 Å². The van der Waals surface area contributed by atoms with Crippen LogP contribution in [0.25, 0.3) is 0 Å². The summed E-state index contributed by atoms with van der Waals surface area (Å²) < 4.78 is 10.9. The third-order valence-corrected chi connectivity index (χ3v) is 6.38. The molecule has 188 valence electrons. The first-order valence-corrected chi connectivity index (χ1v) is 11.7. The number of piperazine rings is 1. The van der Waals surface area contributed by atoms with Crippen molar-refractivity contribution in [3.63, 3.8) is 0 Å². The fourth-order valence-corrected chi connectivity index (χ4v) is 4.39. The number of nitrogens with one attached hydrogen (secondary N) is 2. The largest absolute Gasteiger partial charge is 0.497 e. The summed E-state index contributed by atoms with van der Waals surface area (Å²) in [5.74, 6) is 0.479. The Morgan fingerprint density at radius 1 is 1.00 bits per heavy atom. The molecule has 4 atom stereocenters. The van der Waals surface area contributed by atoms with E-state index in [-0.39, 0.29) is 18.9 Å². The molecule has 35 heavy (non-hydrogen) atoms. The van der Waals surface area contributed by atoms with E-state index in [4.69, 9.17) is 9.47 Å². The van der Waals surface area contributed by atoms with Gasteiger partial charge in [-0.05, 0) is 24.3 Å². The Hall–Kier alpha value is -3.34. The average Bonchev–Trinajstić information content (AvgIpc) is 3.16. The number of urea groups is 1. The lowest BCUT2D eigenvalue weighted by molar-refractivity contribution is -0.135. The number of anilines is 2. The maximum absolute atomic E-state index is 12.8. The molecule has 2 aromatic carbocycles. The Labute approximate surface area is 204 Å². The van der Waals surface area contributed by atoms with Crippen LogP contribution in [-0.2, 0) is 9.53 Å². The van der Waals surface area contributed by atoms with Gasteiger partial charge in [-0.2, -0.15) is 0 Å². The fourth-order valence-electron chi connectivity index (χ4n) is 4.39. The number of carbonyl (C=O) groups is 2. The zero-order chi connectivity index (χ0) is 24.8. The highest BCUT2D eigenvalue weighted by molar-refractivity contribution is 5.89. The number of benzene rings is 2. The summed E-state index contributed by atoms with van der Waals surface area (Å²) in [6.45, 7) is 2.58. The van der Waals surface area contributed by atoms with E-state index in [2.05, 4.69) is 15.5 Å². The Balaban J connectivity index is 1.22. The molecule has 2 aliphatic heterocycles. The van der Waals surface area contributed by atoms with E-state index in [0.717, 1.165) is 18.8 Å². The number of hydrogen-bond acceptors (Lipinski definition) is 7. The number of aliphatic hydroxyl groups is 2. The van der Waals surface area contributed by atoms with Crippen LogP contribution in [0.3, 0.4) is 0 Å². The smallest absolute Gasteiger partial charge is 0.319 e. The van der Waals surface area contributed by atoms with Gasteiger partial charge in [-0.3, -0.25) is 4.79 Å². The maximum atomic E-state index is 12.8. The molecule has 0 saturated carbocycles. The van der Waals surface area contributed by atoms with Gasteiger partial charge in [-0.1, -0.05) is 24.3 Å². The lowest BCUT2D eigenvalue weighted by atomic mass is 10.0. The molecule has 2 heterocycles. The van der Waals surface area contributed by atoms with E-state index in [1.54, 1.807) is 29.2 Å². The number of hydrogen-bond donors (Lipinski definition) is 4. The second kappa shape index (κ2) is 11.4. The van der Waals surface area contributed by atoms with Crippen LogP contribution in [0, 0.1) is 0 Å². The summed E-state index contributed by atoms with van der Waals surface area (Å²) in [6.07, 6.45) is -4.11. The highest BCUT2D eigenvalue weighted by Gasteiger charge is 2.44. The number of amides is 3. The lowest BCUT2D eigenvalue weighted by Crippen LogP contribution is -2.49. The van der Waals surface area contributed by atoms with Gasteiger partial charge in [0.1, 0.15) is 24.1 Å². The third-order valence-electron chi connectivity index (χ3n) is 6.38. The minimum absolute atomic E-state index is 0.0194. The van der Waals surface area contributed by atoms with Gasteiger partial charge in [0, 0.05) is 50.2 Å². The van der Waals surface area contributed by atoms with Gasteiger partial charge in [-0.25, -0.2) is 4.79 Å². The number of rotatable bonds is 7. The van der Waals surface area contributed by atoms with E-state index >= 15 is 0 Å². The van der Waals surface area contributed by atoms with Crippen LogP contribution in [0.2, 0.25) is 0 Å². The summed E-state index contributed by atoms with van der Waals surface area (Å²) in [7, 11) is 1.54. The average molecular weight is 485 g/mol. The van der Waals surface area contributed by atoms with Crippen LogP contribution in [0.1, 0.15) is 6.42 Å². The first-order chi connectivity index (χ1) is 16.9. The highest BCUT2D eigenvalue weighted by atomic mass is 16.5. The number of methoxy groups -OCH3 is 1. The molecule has 10 nitrogen and oxygen atoms in total. The SMILES string of the molecule is COc1cccc(NC(=O)NC[C@@H]2O[C@@H](CC(=O)N3CCN(c4ccccc4)CC3)[C@H](O)[C@@H]2O)c1. The number of para-hydroxylation sites is 1. The molecule has 2 aliphatic rings. The first-order valence-electron chi connectivity index (χ1n) is 11.7. The number of ether oxygens (including phenoxy) is 2. The van der Waals surface area contributed by atoms with Crippen molar-refractivity contribution in [2.45, 2.75) is 30.8 Å². The predicted octanol–water partition coefficient (Wildman–Crippen LogP) is 1.04. The second-order valence-electron chi connectivity index (χ2n) is 8.67. The summed E-state index contributed by atoms with van der Waals surface area (Å²) in [4.78, 5) is 29.0. The molecule has 2 fully saturated rings. The molecule has 0 unspecified atom stereocenters. The topological polar surface area (TPSA) is 124 Å². The Bertz CT molecular complexity index is 998. The quantitative estimate of drug-likeness (QED) is 0.463. The van der Waals surface area contributed by atoms with Gasteiger partial charge in [0.05, 0.1) is 19.6 Å². The summed E-state index contributed by atoms with van der Waals surface area (Å²) in [6, 6.07) is 16.5. The summed E-state index contributed by atoms with van der Waals surface area (Å²) in [5, 5.41) is 26.1. The van der Waals surface area contributed by atoms with Gasteiger partial charge >= 0.3 is 6.03 Å². The van der Waals surface area contributed by atoms with Crippen molar-refractivity contribution in [1.29, 1.82) is 0 Å². The van der Waals surface area contributed by atoms with Crippen LogP contribution >= 0.6 is 0 Å². The minimum atomic E-state index is -1.21. The van der Waals surface area contributed by atoms with E-state index in [1.807, 2.05) is 30.3 Å². The molecule has 4 rings (SSSR count). The third kappa shape index (κ3) is 6.21. The van der Waals surface area contributed by atoms with Crippen molar-refractivity contribution in [1.82, 2.24) is 10.2 Å². The van der Waals surface area contributed by atoms with E-state index in [9.17, 15) is 19.8 Å².